The number of pyridine rings is 2. The molecule has 9 nitrogen and oxygen atoms in total. The lowest BCUT2D eigenvalue weighted by molar-refractivity contribution is -0.385. The lowest BCUT2D eigenvalue weighted by Crippen LogP contribution is -2.15. The van der Waals surface area contributed by atoms with Gasteiger partial charge in [0.05, 0.1) is 33.8 Å². The molecule has 0 aliphatic heterocycles. The van der Waals surface area contributed by atoms with Gasteiger partial charge in [0.2, 0.25) is 0 Å². The highest BCUT2D eigenvalue weighted by molar-refractivity contribution is 6.05. The molecule has 0 aliphatic carbocycles. The maximum absolute atomic E-state index is 12.4. The lowest BCUT2D eigenvalue weighted by Gasteiger charge is -2.08. The van der Waals surface area contributed by atoms with Crippen molar-refractivity contribution >= 4 is 17.3 Å². The summed E-state index contributed by atoms with van der Waals surface area (Å²) < 4.78 is 1.70. The second kappa shape index (κ2) is 6.71. The Kier molecular flexibility index (Phi) is 4.44. The number of carbonyl (C=O) groups excluding carboxylic acids is 1. The molecule has 3 heterocycles. The van der Waals surface area contributed by atoms with Gasteiger partial charge in [-0.2, -0.15) is 5.10 Å². The topological polar surface area (TPSA) is 116 Å². The van der Waals surface area contributed by atoms with Crippen molar-refractivity contribution in [2.24, 2.45) is 0 Å². The van der Waals surface area contributed by atoms with Crippen molar-refractivity contribution in [2.45, 2.75) is 20.8 Å². The standard InChI is InChI=1S/C17H16N6O3/c1-10-6-11(2)22(21-10)16-5-4-13(8-19-16)20-17(24)15-7-14(23(25)26)9-18-12(15)3/h4-9H,1-3H3,(H,20,24). The average molecular weight is 352 g/mol. The number of amides is 1. The number of aromatic nitrogens is 4. The number of hydrogen-bond donors (Lipinski definition) is 1. The van der Waals surface area contributed by atoms with Gasteiger partial charge in [-0.25, -0.2) is 9.67 Å². The zero-order valence-electron chi connectivity index (χ0n) is 14.4. The summed E-state index contributed by atoms with van der Waals surface area (Å²) in [6.07, 6.45) is 2.63. The first-order valence-corrected chi connectivity index (χ1v) is 7.77. The van der Waals surface area contributed by atoms with Crippen LogP contribution in [-0.2, 0) is 0 Å². The number of aryl methyl sites for hydroxylation is 3. The van der Waals surface area contributed by atoms with E-state index in [1.165, 1.54) is 12.3 Å². The van der Waals surface area contributed by atoms with E-state index in [0.717, 1.165) is 17.6 Å². The Hall–Kier alpha value is -3.62. The lowest BCUT2D eigenvalue weighted by atomic mass is 10.2. The minimum Gasteiger partial charge on any atom is -0.321 e. The second-order valence-corrected chi connectivity index (χ2v) is 5.78. The quantitative estimate of drug-likeness (QED) is 0.570. The smallest absolute Gasteiger partial charge is 0.288 e. The van der Waals surface area contributed by atoms with E-state index in [0.29, 0.717) is 17.2 Å². The molecule has 26 heavy (non-hydrogen) atoms. The molecular formula is C17H16N6O3. The van der Waals surface area contributed by atoms with Crippen molar-refractivity contribution < 1.29 is 9.72 Å². The number of rotatable bonds is 4. The van der Waals surface area contributed by atoms with Crippen molar-refractivity contribution in [1.82, 2.24) is 19.7 Å². The Labute approximate surface area is 148 Å². The van der Waals surface area contributed by atoms with Gasteiger partial charge in [0.1, 0.15) is 6.20 Å². The Bertz CT molecular complexity index is 994. The average Bonchev–Trinajstić information content (AvgIpc) is 2.94. The fourth-order valence-corrected chi connectivity index (χ4v) is 2.50. The summed E-state index contributed by atoms with van der Waals surface area (Å²) in [6.45, 7) is 5.44. The van der Waals surface area contributed by atoms with Crippen molar-refractivity contribution in [1.29, 1.82) is 0 Å². The summed E-state index contributed by atoms with van der Waals surface area (Å²) in [5.41, 5.74) is 2.60. The van der Waals surface area contributed by atoms with E-state index in [9.17, 15) is 14.9 Å². The predicted octanol–water partition coefficient (Wildman–Crippen LogP) is 2.75. The molecular weight excluding hydrogens is 336 g/mol. The van der Waals surface area contributed by atoms with E-state index in [1.54, 1.807) is 23.7 Å². The molecule has 3 aromatic rings. The Balaban J connectivity index is 1.81. The molecule has 0 bridgehead atoms. The molecule has 0 radical (unpaired) electrons. The van der Waals surface area contributed by atoms with Gasteiger partial charge in [0, 0.05) is 11.8 Å². The number of carbonyl (C=O) groups is 1. The number of nitrogens with zero attached hydrogens (tertiary/aromatic N) is 5. The van der Waals surface area contributed by atoms with E-state index < -0.39 is 10.8 Å². The molecule has 0 fully saturated rings. The zero-order valence-corrected chi connectivity index (χ0v) is 14.4. The van der Waals surface area contributed by atoms with Crippen LogP contribution in [-0.4, -0.2) is 30.6 Å². The first kappa shape index (κ1) is 17.2. The molecule has 0 aliphatic rings. The van der Waals surface area contributed by atoms with Crippen LogP contribution in [0.4, 0.5) is 11.4 Å². The Morgan fingerprint density at radius 1 is 1.15 bits per heavy atom. The number of nitro groups is 1. The number of anilines is 1. The molecule has 0 spiro atoms. The van der Waals surface area contributed by atoms with Crippen molar-refractivity contribution in [2.75, 3.05) is 5.32 Å². The van der Waals surface area contributed by atoms with Gasteiger partial charge < -0.3 is 5.32 Å². The SMILES string of the molecule is Cc1cc(C)n(-c2ccc(NC(=O)c3cc([N+](=O)[O-])cnc3C)cn2)n1. The summed E-state index contributed by atoms with van der Waals surface area (Å²) >= 11 is 0. The minimum absolute atomic E-state index is 0.141. The summed E-state index contributed by atoms with van der Waals surface area (Å²) in [5.74, 6) is 0.140. The van der Waals surface area contributed by atoms with E-state index in [-0.39, 0.29) is 11.3 Å². The highest BCUT2D eigenvalue weighted by Crippen LogP contribution is 2.17. The highest BCUT2D eigenvalue weighted by atomic mass is 16.6. The molecule has 1 amide bonds. The molecule has 0 unspecified atom stereocenters. The highest BCUT2D eigenvalue weighted by Gasteiger charge is 2.16. The van der Waals surface area contributed by atoms with Crippen molar-refractivity contribution in [3.05, 3.63) is 69.4 Å². The van der Waals surface area contributed by atoms with Crippen molar-refractivity contribution in [3.63, 3.8) is 0 Å². The second-order valence-electron chi connectivity index (χ2n) is 5.78. The van der Waals surface area contributed by atoms with E-state index in [2.05, 4.69) is 20.4 Å². The summed E-state index contributed by atoms with van der Waals surface area (Å²) in [5, 5.41) is 17.9. The molecule has 0 atom stereocenters. The van der Waals surface area contributed by atoms with E-state index in [1.807, 2.05) is 19.9 Å². The molecule has 9 heteroatoms. The van der Waals surface area contributed by atoms with Gasteiger partial charge in [-0.3, -0.25) is 19.9 Å². The molecule has 3 rings (SSSR count). The van der Waals surface area contributed by atoms with Gasteiger partial charge in [-0.1, -0.05) is 0 Å². The first-order valence-electron chi connectivity index (χ1n) is 7.77. The van der Waals surface area contributed by atoms with Crippen LogP contribution in [0.2, 0.25) is 0 Å². The largest absolute Gasteiger partial charge is 0.321 e. The van der Waals surface area contributed by atoms with Gasteiger partial charge in [-0.05, 0) is 39.0 Å². The molecule has 3 aromatic heterocycles. The normalized spacial score (nSPS) is 10.6. The first-order chi connectivity index (χ1) is 12.3. The fraction of sp³-hybridized carbons (Fsp3) is 0.176. The molecule has 1 N–H and O–H groups in total. The summed E-state index contributed by atoms with van der Waals surface area (Å²) in [7, 11) is 0. The summed E-state index contributed by atoms with van der Waals surface area (Å²) in [6, 6.07) is 6.56. The zero-order chi connectivity index (χ0) is 18.8. The minimum atomic E-state index is -0.589. The van der Waals surface area contributed by atoms with Crippen LogP contribution < -0.4 is 5.32 Å². The van der Waals surface area contributed by atoms with E-state index >= 15 is 0 Å². The molecule has 132 valence electrons. The fourth-order valence-electron chi connectivity index (χ4n) is 2.50. The molecule has 0 saturated carbocycles. The van der Waals surface area contributed by atoms with Crippen LogP contribution in [0, 0.1) is 30.9 Å². The van der Waals surface area contributed by atoms with Crippen LogP contribution in [0.3, 0.4) is 0 Å². The Morgan fingerprint density at radius 2 is 1.92 bits per heavy atom. The van der Waals surface area contributed by atoms with Gasteiger partial charge in [0.25, 0.3) is 11.6 Å². The third-order valence-electron chi connectivity index (χ3n) is 3.76. The Morgan fingerprint density at radius 3 is 2.50 bits per heavy atom. The van der Waals surface area contributed by atoms with Crippen LogP contribution in [0.15, 0.2) is 36.7 Å². The third-order valence-corrected chi connectivity index (χ3v) is 3.76. The van der Waals surface area contributed by atoms with Crippen LogP contribution in [0.25, 0.3) is 5.82 Å². The monoisotopic (exact) mass is 352 g/mol. The van der Waals surface area contributed by atoms with Crippen molar-refractivity contribution in [3.8, 4) is 5.82 Å². The van der Waals surface area contributed by atoms with Gasteiger partial charge >= 0.3 is 0 Å². The van der Waals surface area contributed by atoms with Crippen LogP contribution in [0.1, 0.15) is 27.4 Å². The van der Waals surface area contributed by atoms with Gasteiger partial charge in [-0.15, -0.1) is 0 Å². The molecule has 0 saturated heterocycles. The van der Waals surface area contributed by atoms with Crippen LogP contribution >= 0.6 is 0 Å². The summed E-state index contributed by atoms with van der Waals surface area (Å²) in [4.78, 5) is 30.9. The van der Waals surface area contributed by atoms with Gasteiger partial charge in [0.15, 0.2) is 5.82 Å². The number of hydrogen-bond acceptors (Lipinski definition) is 6. The number of nitrogens with one attached hydrogen (secondary N) is 1. The maximum atomic E-state index is 12.4. The van der Waals surface area contributed by atoms with Crippen LogP contribution in [0.5, 0.6) is 0 Å². The maximum Gasteiger partial charge on any atom is 0.288 e. The third kappa shape index (κ3) is 3.41. The predicted molar refractivity (Wildman–Crippen MR) is 94.4 cm³/mol. The van der Waals surface area contributed by atoms with E-state index in [4.69, 9.17) is 0 Å². The molecule has 0 aromatic carbocycles.